The number of fused-ring (bicyclic) bond motifs is 3. The van der Waals surface area contributed by atoms with Crippen LogP contribution in [-0.4, -0.2) is 36.1 Å². The molecule has 1 aliphatic heterocycles. The molecule has 0 radical (unpaired) electrons. The van der Waals surface area contributed by atoms with Crippen LogP contribution >= 0.6 is 0 Å². The molecule has 0 bridgehead atoms. The number of benzene rings is 3. The molecule has 0 saturated carbocycles. The van der Waals surface area contributed by atoms with Crippen molar-refractivity contribution in [1.82, 2.24) is 9.88 Å². The van der Waals surface area contributed by atoms with E-state index >= 15 is 0 Å². The third kappa shape index (κ3) is 4.64. The second kappa shape index (κ2) is 9.62. The number of nitrogens with one attached hydrogen (secondary N) is 1. The van der Waals surface area contributed by atoms with E-state index in [0.29, 0.717) is 35.6 Å². The van der Waals surface area contributed by atoms with Crippen molar-refractivity contribution in [2.45, 2.75) is 25.3 Å². The number of methoxy groups -OCH3 is 1. The zero-order valence-corrected chi connectivity index (χ0v) is 19.8. The van der Waals surface area contributed by atoms with Gasteiger partial charge in [-0.2, -0.15) is 22.0 Å². The maximum Gasteiger partial charge on any atom is 0.419 e. The van der Waals surface area contributed by atoms with Gasteiger partial charge in [-0.05, 0) is 66.1 Å². The average Bonchev–Trinajstić information content (AvgIpc) is 3.25. The molecule has 11 heteroatoms. The topological polar surface area (TPSA) is 54.6 Å². The van der Waals surface area contributed by atoms with E-state index in [-0.39, 0.29) is 17.9 Å². The van der Waals surface area contributed by atoms with Crippen LogP contribution in [0.3, 0.4) is 0 Å². The minimum Gasteiger partial charge on any atom is -0.497 e. The number of alkyl halides is 5. The van der Waals surface area contributed by atoms with Gasteiger partial charge in [-0.15, -0.1) is 0 Å². The van der Waals surface area contributed by atoms with Gasteiger partial charge in [-0.1, -0.05) is 12.1 Å². The van der Waals surface area contributed by atoms with Crippen molar-refractivity contribution in [2.75, 3.05) is 13.7 Å². The van der Waals surface area contributed by atoms with Crippen LogP contribution in [0.2, 0.25) is 0 Å². The number of hydrogen-bond donors (Lipinski definition) is 1. The summed E-state index contributed by atoms with van der Waals surface area (Å²) in [5, 5.41) is 0.870. The van der Waals surface area contributed by atoms with Gasteiger partial charge in [-0.25, -0.2) is 4.39 Å². The lowest BCUT2D eigenvalue weighted by molar-refractivity contribution is -0.140. The van der Waals surface area contributed by atoms with Gasteiger partial charge in [0.25, 0.3) is 5.91 Å². The molecule has 5 rings (SSSR count). The van der Waals surface area contributed by atoms with Crippen LogP contribution in [0.4, 0.5) is 26.3 Å². The molecule has 1 aromatic heterocycles. The lowest BCUT2D eigenvalue weighted by Gasteiger charge is -2.36. The average molecular weight is 534 g/mol. The molecule has 0 spiro atoms. The van der Waals surface area contributed by atoms with Gasteiger partial charge in [0.15, 0.2) is 0 Å². The monoisotopic (exact) mass is 534 g/mol. The molecular formula is C27H20F6N2O3. The molecule has 0 aliphatic carbocycles. The van der Waals surface area contributed by atoms with Crippen molar-refractivity contribution in [3.8, 4) is 11.5 Å². The minimum atomic E-state index is -4.90. The van der Waals surface area contributed by atoms with Gasteiger partial charge >= 0.3 is 12.8 Å². The molecule has 198 valence electrons. The normalized spacial score (nSPS) is 15.6. The number of H-pyrrole nitrogens is 1. The molecule has 0 fully saturated rings. The van der Waals surface area contributed by atoms with Gasteiger partial charge in [-0.3, -0.25) is 4.79 Å². The number of hydrogen-bond acceptors (Lipinski definition) is 3. The highest BCUT2D eigenvalue weighted by atomic mass is 19.4. The van der Waals surface area contributed by atoms with Crippen molar-refractivity contribution in [3.05, 3.63) is 94.4 Å². The van der Waals surface area contributed by atoms with Crippen LogP contribution in [0.15, 0.2) is 60.7 Å². The molecule has 1 atom stereocenters. The Morgan fingerprint density at radius 3 is 2.37 bits per heavy atom. The Morgan fingerprint density at radius 1 is 1.03 bits per heavy atom. The number of carbonyl (C=O) groups is 1. The third-order valence-electron chi connectivity index (χ3n) is 6.54. The Labute approximate surface area is 212 Å². The van der Waals surface area contributed by atoms with E-state index in [1.54, 1.807) is 6.07 Å². The molecule has 2 heterocycles. The fourth-order valence-electron chi connectivity index (χ4n) is 4.84. The molecule has 0 saturated heterocycles. The summed E-state index contributed by atoms with van der Waals surface area (Å²) in [4.78, 5) is 18.3. The summed E-state index contributed by atoms with van der Waals surface area (Å²) in [5.74, 6) is -1.69. The number of nitrogens with zero attached hydrogens (tertiary/aromatic N) is 1. The van der Waals surface area contributed by atoms with E-state index in [9.17, 15) is 31.1 Å². The van der Waals surface area contributed by atoms with E-state index < -0.39 is 36.1 Å². The van der Waals surface area contributed by atoms with Gasteiger partial charge < -0.3 is 19.4 Å². The van der Waals surface area contributed by atoms with Crippen LogP contribution in [0.1, 0.15) is 38.8 Å². The molecule has 38 heavy (non-hydrogen) atoms. The van der Waals surface area contributed by atoms with Crippen molar-refractivity contribution in [3.63, 3.8) is 0 Å². The van der Waals surface area contributed by atoms with Gasteiger partial charge in [0, 0.05) is 28.7 Å². The predicted octanol–water partition coefficient (Wildman–Crippen LogP) is 6.72. The van der Waals surface area contributed by atoms with Crippen LogP contribution in [0, 0.1) is 5.82 Å². The largest absolute Gasteiger partial charge is 0.497 e. The minimum absolute atomic E-state index is 0.0798. The maximum atomic E-state index is 14.3. The fraction of sp³-hybridized carbons (Fsp3) is 0.222. The molecule has 1 N–H and O–H groups in total. The van der Waals surface area contributed by atoms with E-state index in [1.165, 1.54) is 36.3 Å². The van der Waals surface area contributed by atoms with E-state index in [1.807, 2.05) is 12.1 Å². The second-order valence-electron chi connectivity index (χ2n) is 8.72. The van der Waals surface area contributed by atoms with Gasteiger partial charge in [0.2, 0.25) is 0 Å². The zero-order chi connectivity index (χ0) is 27.2. The van der Waals surface area contributed by atoms with E-state index in [2.05, 4.69) is 9.72 Å². The Balaban J connectivity index is 1.60. The van der Waals surface area contributed by atoms with Crippen LogP contribution in [-0.2, 0) is 12.6 Å². The highest BCUT2D eigenvalue weighted by Crippen LogP contribution is 2.41. The number of ether oxygens (including phenoxy) is 2. The van der Waals surface area contributed by atoms with E-state index in [0.717, 1.165) is 22.5 Å². The molecule has 3 aromatic carbocycles. The van der Waals surface area contributed by atoms with Gasteiger partial charge in [0.05, 0.1) is 18.7 Å². The molecule has 4 aromatic rings. The maximum absolute atomic E-state index is 14.3. The number of amides is 1. The zero-order valence-electron chi connectivity index (χ0n) is 19.8. The first kappa shape index (κ1) is 25.5. The van der Waals surface area contributed by atoms with Crippen molar-refractivity contribution in [1.29, 1.82) is 0 Å². The first-order valence-corrected chi connectivity index (χ1v) is 11.5. The van der Waals surface area contributed by atoms with Gasteiger partial charge in [0.1, 0.15) is 17.3 Å². The third-order valence-corrected chi connectivity index (χ3v) is 6.54. The Kier molecular flexibility index (Phi) is 6.46. The Morgan fingerprint density at radius 2 is 1.74 bits per heavy atom. The van der Waals surface area contributed by atoms with Crippen molar-refractivity contribution in [2.24, 2.45) is 0 Å². The summed E-state index contributed by atoms with van der Waals surface area (Å²) in [6.07, 6.45) is -4.50. The smallest absolute Gasteiger partial charge is 0.419 e. The second-order valence-corrected chi connectivity index (χ2v) is 8.72. The quantitative estimate of drug-likeness (QED) is 0.289. The predicted molar refractivity (Wildman–Crippen MR) is 126 cm³/mol. The first-order valence-electron chi connectivity index (χ1n) is 11.5. The molecule has 1 unspecified atom stereocenters. The summed E-state index contributed by atoms with van der Waals surface area (Å²) in [7, 11) is 1.54. The summed E-state index contributed by atoms with van der Waals surface area (Å²) < 4.78 is 88.5. The molecule has 5 nitrogen and oxygen atoms in total. The molecule has 1 amide bonds. The van der Waals surface area contributed by atoms with Crippen LogP contribution in [0.5, 0.6) is 11.5 Å². The summed E-state index contributed by atoms with van der Waals surface area (Å²) in [6.45, 7) is -2.85. The number of rotatable bonds is 5. The number of aromatic nitrogens is 1. The van der Waals surface area contributed by atoms with E-state index in [4.69, 9.17) is 4.74 Å². The lowest BCUT2D eigenvalue weighted by Crippen LogP contribution is -2.40. The van der Waals surface area contributed by atoms with Crippen LogP contribution < -0.4 is 9.47 Å². The summed E-state index contributed by atoms with van der Waals surface area (Å²) >= 11 is 0. The Hall–Kier alpha value is -4.15. The van der Waals surface area contributed by atoms with Crippen molar-refractivity contribution >= 4 is 16.8 Å². The number of carbonyl (C=O) groups excluding carboxylic acids is 1. The fourth-order valence-corrected chi connectivity index (χ4v) is 4.84. The number of halogens is 6. The number of aromatic amines is 1. The lowest BCUT2D eigenvalue weighted by atomic mass is 9.91. The molecular weight excluding hydrogens is 514 g/mol. The first-order chi connectivity index (χ1) is 18.1. The Bertz CT molecular complexity index is 1500. The SMILES string of the molecule is COc1ccc2[nH]c3c(c2c1)CCN(C(=O)c1ccc(C(F)(F)F)c(F)c1)C3c1ccc(OC(F)F)cc1. The highest BCUT2D eigenvalue weighted by molar-refractivity contribution is 5.96. The van der Waals surface area contributed by atoms with Crippen molar-refractivity contribution < 1.29 is 40.6 Å². The summed E-state index contributed by atoms with van der Waals surface area (Å²) in [6, 6.07) is 12.4. The van der Waals surface area contributed by atoms with Crippen LogP contribution in [0.25, 0.3) is 10.9 Å². The standard InChI is InChI=1S/C27H20F6N2O3/c1-37-17-7-9-22-19(13-17)18-10-11-35(25(36)15-4-8-20(21(28)12-15)27(31,32)33)24(23(18)34-22)14-2-5-16(6-3-14)38-26(29)30/h2-9,12-13,24,26,34H,10-11H2,1H3. The highest BCUT2D eigenvalue weighted by Gasteiger charge is 2.37. The molecule has 1 aliphatic rings. The summed E-state index contributed by atoms with van der Waals surface area (Å²) in [5.41, 5.74) is 1.13.